The lowest BCUT2D eigenvalue weighted by Crippen LogP contribution is -2.12. The van der Waals surface area contributed by atoms with E-state index in [1.165, 1.54) is 12.1 Å². The second kappa shape index (κ2) is 8.29. The molecule has 3 N–H and O–H groups in total. The molecule has 0 atom stereocenters. The molecule has 2 heterocycles. The van der Waals surface area contributed by atoms with Crippen LogP contribution in [0.4, 0.5) is 4.39 Å². The van der Waals surface area contributed by atoms with Crippen molar-refractivity contribution >= 4 is 10.0 Å². The van der Waals surface area contributed by atoms with Crippen LogP contribution in [-0.2, 0) is 10.0 Å². The Morgan fingerprint density at radius 1 is 0.969 bits per heavy atom. The minimum Gasteiger partial charge on any atom is -0.340 e. The molecule has 0 unspecified atom stereocenters. The number of hydrogen-bond donors (Lipinski definition) is 2. The van der Waals surface area contributed by atoms with E-state index in [0.29, 0.717) is 5.56 Å². The standard InChI is InChI=1S/C24H23FN4O2S/c1-14(2)24-28-22(23(29-24)21-9-4-6-15(3)27-21)17-8-5-7-16(12-17)19-11-10-18(13-20(19)25)32(26,30)31/h4-14H,1-3H3,(H,28,29)(H2,26,30,31). The molecule has 0 bridgehead atoms. The minimum absolute atomic E-state index is 0.179. The normalized spacial score (nSPS) is 11.8. The van der Waals surface area contributed by atoms with Gasteiger partial charge in [-0.1, -0.05) is 44.2 Å². The van der Waals surface area contributed by atoms with E-state index in [1.807, 2.05) is 43.3 Å². The van der Waals surface area contributed by atoms with Crippen LogP contribution in [0.25, 0.3) is 33.8 Å². The molecular formula is C24H23FN4O2S. The Hall–Kier alpha value is -3.36. The van der Waals surface area contributed by atoms with Gasteiger partial charge >= 0.3 is 0 Å². The van der Waals surface area contributed by atoms with E-state index in [2.05, 4.69) is 23.8 Å². The molecule has 8 heteroatoms. The van der Waals surface area contributed by atoms with E-state index in [0.717, 1.165) is 40.2 Å². The number of aryl methyl sites for hydroxylation is 1. The molecule has 2 aromatic carbocycles. The third-order valence-electron chi connectivity index (χ3n) is 5.13. The average Bonchev–Trinajstić information content (AvgIpc) is 3.19. The number of pyridine rings is 1. The molecule has 32 heavy (non-hydrogen) atoms. The number of aromatic nitrogens is 3. The number of rotatable bonds is 5. The molecule has 0 saturated carbocycles. The van der Waals surface area contributed by atoms with Gasteiger partial charge in [-0.3, -0.25) is 4.98 Å². The number of sulfonamides is 1. The Morgan fingerprint density at radius 3 is 2.34 bits per heavy atom. The largest absolute Gasteiger partial charge is 0.340 e. The molecule has 4 rings (SSSR count). The smallest absolute Gasteiger partial charge is 0.238 e. The lowest BCUT2D eigenvalue weighted by molar-refractivity contribution is 0.593. The Bertz CT molecular complexity index is 1410. The van der Waals surface area contributed by atoms with Crippen molar-refractivity contribution in [3.63, 3.8) is 0 Å². The van der Waals surface area contributed by atoms with Crippen LogP contribution in [0.3, 0.4) is 0 Å². The third-order valence-corrected chi connectivity index (χ3v) is 6.04. The van der Waals surface area contributed by atoms with Gasteiger partial charge in [0, 0.05) is 22.7 Å². The van der Waals surface area contributed by atoms with Crippen LogP contribution in [0, 0.1) is 12.7 Å². The number of hydrogen-bond acceptors (Lipinski definition) is 4. The number of benzene rings is 2. The molecule has 2 aromatic heterocycles. The maximum atomic E-state index is 14.7. The number of aromatic amines is 1. The maximum absolute atomic E-state index is 14.7. The molecule has 6 nitrogen and oxygen atoms in total. The molecule has 0 amide bonds. The summed E-state index contributed by atoms with van der Waals surface area (Å²) in [6, 6.07) is 16.7. The summed E-state index contributed by atoms with van der Waals surface area (Å²) in [6.07, 6.45) is 0. The Balaban J connectivity index is 1.84. The quantitative estimate of drug-likeness (QED) is 0.445. The van der Waals surface area contributed by atoms with Crippen molar-refractivity contribution < 1.29 is 12.8 Å². The zero-order valence-corrected chi connectivity index (χ0v) is 18.7. The van der Waals surface area contributed by atoms with E-state index >= 15 is 0 Å². The highest BCUT2D eigenvalue weighted by molar-refractivity contribution is 7.89. The van der Waals surface area contributed by atoms with Crippen LogP contribution in [0.1, 0.15) is 31.3 Å². The first-order valence-electron chi connectivity index (χ1n) is 10.1. The molecule has 0 aliphatic carbocycles. The molecular weight excluding hydrogens is 427 g/mol. The van der Waals surface area contributed by atoms with Crippen molar-refractivity contribution in [2.75, 3.05) is 0 Å². The zero-order valence-electron chi connectivity index (χ0n) is 17.9. The molecule has 0 aliphatic rings. The summed E-state index contributed by atoms with van der Waals surface area (Å²) in [6.45, 7) is 6.03. The predicted octanol–water partition coefficient (Wildman–Crippen LogP) is 5.02. The monoisotopic (exact) mass is 450 g/mol. The number of primary sulfonamides is 1. The lowest BCUT2D eigenvalue weighted by Gasteiger charge is -2.08. The van der Waals surface area contributed by atoms with Crippen LogP contribution in [0.5, 0.6) is 0 Å². The number of nitrogens with one attached hydrogen (secondary N) is 1. The molecule has 0 aliphatic heterocycles. The van der Waals surface area contributed by atoms with Gasteiger partial charge in [0.1, 0.15) is 11.6 Å². The molecule has 0 spiro atoms. The van der Waals surface area contributed by atoms with E-state index in [1.54, 1.807) is 6.07 Å². The highest BCUT2D eigenvalue weighted by atomic mass is 32.2. The summed E-state index contributed by atoms with van der Waals surface area (Å²) in [5.41, 5.74) is 4.83. The van der Waals surface area contributed by atoms with Crippen LogP contribution in [0.2, 0.25) is 0 Å². The summed E-state index contributed by atoms with van der Waals surface area (Å²) < 4.78 is 37.8. The molecule has 0 fully saturated rings. The molecule has 0 radical (unpaired) electrons. The van der Waals surface area contributed by atoms with Gasteiger partial charge < -0.3 is 4.98 Å². The second-order valence-corrected chi connectivity index (χ2v) is 9.49. The fraction of sp³-hybridized carbons (Fsp3) is 0.167. The van der Waals surface area contributed by atoms with Crippen molar-refractivity contribution in [3.8, 4) is 33.8 Å². The van der Waals surface area contributed by atoms with Crippen molar-refractivity contribution in [2.45, 2.75) is 31.6 Å². The van der Waals surface area contributed by atoms with Gasteiger partial charge in [-0.15, -0.1) is 0 Å². The molecule has 4 aromatic rings. The molecule has 164 valence electrons. The minimum atomic E-state index is -3.98. The van der Waals surface area contributed by atoms with Crippen molar-refractivity contribution in [1.29, 1.82) is 0 Å². The Labute approximate surface area is 186 Å². The van der Waals surface area contributed by atoms with E-state index < -0.39 is 15.8 Å². The Kier molecular flexibility index (Phi) is 5.66. The highest BCUT2D eigenvalue weighted by Crippen LogP contribution is 2.34. The van der Waals surface area contributed by atoms with Gasteiger partial charge in [0.15, 0.2) is 0 Å². The van der Waals surface area contributed by atoms with Gasteiger partial charge in [-0.25, -0.2) is 22.9 Å². The first-order valence-corrected chi connectivity index (χ1v) is 11.6. The number of nitrogens with two attached hydrogens (primary N) is 1. The SMILES string of the molecule is Cc1cccc(-c2[nH]c(C(C)C)nc2-c2cccc(-c3ccc(S(N)(=O)=O)cc3F)c2)n1. The van der Waals surface area contributed by atoms with Gasteiger partial charge in [0.25, 0.3) is 0 Å². The average molecular weight is 451 g/mol. The fourth-order valence-electron chi connectivity index (χ4n) is 3.48. The van der Waals surface area contributed by atoms with Crippen molar-refractivity contribution in [2.24, 2.45) is 5.14 Å². The fourth-order valence-corrected chi connectivity index (χ4v) is 4.01. The van der Waals surface area contributed by atoms with Crippen molar-refractivity contribution in [1.82, 2.24) is 15.0 Å². The second-order valence-electron chi connectivity index (χ2n) is 7.93. The van der Waals surface area contributed by atoms with Crippen LogP contribution in [0.15, 0.2) is 65.6 Å². The maximum Gasteiger partial charge on any atom is 0.238 e. The third kappa shape index (κ3) is 4.32. The summed E-state index contributed by atoms with van der Waals surface area (Å²) in [5, 5.41) is 5.11. The first-order chi connectivity index (χ1) is 15.1. The van der Waals surface area contributed by atoms with E-state index in [9.17, 15) is 12.8 Å². The van der Waals surface area contributed by atoms with E-state index in [-0.39, 0.29) is 16.4 Å². The number of nitrogens with zero attached hydrogens (tertiary/aromatic N) is 2. The summed E-state index contributed by atoms with van der Waals surface area (Å²) in [4.78, 5) is 12.6. The topological polar surface area (TPSA) is 102 Å². The summed E-state index contributed by atoms with van der Waals surface area (Å²) in [5.74, 6) is 0.338. The van der Waals surface area contributed by atoms with Gasteiger partial charge in [-0.2, -0.15) is 0 Å². The first kappa shape index (κ1) is 21.9. The number of halogens is 1. The van der Waals surface area contributed by atoms with Crippen LogP contribution in [-0.4, -0.2) is 23.4 Å². The summed E-state index contributed by atoms with van der Waals surface area (Å²) in [7, 11) is -3.98. The van der Waals surface area contributed by atoms with Crippen LogP contribution >= 0.6 is 0 Å². The predicted molar refractivity (Wildman–Crippen MR) is 123 cm³/mol. The van der Waals surface area contributed by atoms with Gasteiger partial charge in [0.05, 0.1) is 22.0 Å². The number of imidazole rings is 1. The molecule has 0 saturated heterocycles. The Morgan fingerprint density at radius 2 is 1.69 bits per heavy atom. The van der Waals surface area contributed by atoms with E-state index in [4.69, 9.17) is 10.1 Å². The highest BCUT2D eigenvalue weighted by Gasteiger charge is 2.18. The zero-order chi connectivity index (χ0) is 23.0. The van der Waals surface area contributed by atoms with Gasteiger partial charge in [-0.05, 0) is 42.8 Å². The van der Waals surface area contributed by atoms with Crippen LogP contribution < -0.4 is 5.14 Å². The van der Waals surface area contributed by atoms with Crippen molar-refractivity contribution in [3.05, 3.63) is 78.0 Å². The van der Waals surface area contributed by atoms with Gasteiger partial charge in [0.2, 0.25) is 10.0 Å². The summed E-state index contributed by atoms with van der Waals surface area (Å²) >= 11 is 0. The lowest BCUT2D eigenvalue weighted by atomic mass is 10.00. The number of H-pyrrole nitrogens is 1.